The zero-order chi connectivity index (χ0) is 31.6. The molecule has 234 valence electrons. The average molecular weight is 643 g/mol. The number of aromatic nitrogens is 1. The standard InChI is InChI=1S/C33H37Cl2N3O6/c1-5-37-13-10-32(31(40)41,23-7-6-12-36-19-23)18-28(37)33(22-8-9-24(34)25(35)17-22)11-14-38(20-33)30(39)21-15-26(42-2)29(44-4)27(16-21)43-3/h6-9,12,15-17,19,28H,5,10-11,13-14,18,20H2,1-4H3,(H,40,41). The smallest absolute Gasteiger partial charge is 0.314 e. The van der Waals surface area contributed by atoms with E-state index in [2.05, 4.69) is 16.8 Å². The third-order valence-electron chi connectivity index (χ3n) is 9.47. The summed E-state index contributed by atoms with van der Waals surface area (Å²) >= 11 is 12.9. The first kappa shape index (κ1) is 31.9. The Hall–Kier alpha value is -3.53. The Labute approximate surface area is 267 Å². The van der Waals surface area contributed by atoms with Crippen molar-refractivity contribution < 1.29 is 28.9 Å². The fraction of sp³-hybridized carbons (Fsp3) is 0.424. The summed E-state index contributed by atoms with van der Waals surface area (Å²) in [6, 6.07) is 12.3. The molecule has 11 heteroatoms. The molecule has 1 aromatic heterocycles. The fourth-order valence-corrected chi connectivity index (χ4v) is 7.40. The number of benzene rings is 2. The molecule has 44 heavy (non-hydrogen) atoms. The van der Waals surface area contributed by atoms with E-state index in [9.17, 15) is 14.7 Å². The van der Waals surface area contributed by atoms with Crippen LogP contribution < -0.4 is 14.2 Å². The maximum atomic E-state index is 14.1. The Morgan fingerprint density at radius 3 is 2.27 bits per heavy atom. The molecule has 0 bridgehead atoms. The van der Waals surface area contributed by atoms with Crippen molar-refractivity contribution in [3.8, 4) is 17.2 Å². The van der Waals surface area contributed by atoms with Crippen LogP contribution in [0.15, 0.2) is 54.9 Å². The first-order valence-electron chi connectivity index (χ1n) is 14.6. The molecule has 2 aromatic carbocycles. The summed E-state index contributed by atoms with van der Waals surface area (Å²) in [5, 5.41) is 11.6. The van der Waals surface area contributed by atoms with Crippen LogP contribution in [0.1, 0.15) is 47.7 Å². The van der Waals surface area contributed by atoms with Gasteiger partial charge in [-0.05, 0) is 73.8 Å². The van der Waals surface area contributed by atoms with Gasteiger partial charge in [0, 0.05) is 42.5 Å². The molecule has 0 radical (unpaired) electrons. The van der Waals surface area contributed by atoms with Crippen LogP contribution in [0.5, 0.6) is 17.2 Å². The van der Waals surface area contributed by atoms with Crippen molar-refractivity contribution in [2.45, 2.75) is 43.1 Å². The molecule has 3 heterocycles. The minimum absolute atomic E-state index is 0.193. The summed E-state index contributed by atoms with van der Waals surface area (Å²) in [4.78, 5) is 35.7. The molecule has 1 amide bonds. The first-order chi connectivity index (χ1) is 21.1. The highest BCUT2D eigenvalue weighted by molar-refractivity contribution is 6.42. The molecule has 0 saturated carbocycles. The van der Waals surface area contributed by atoms with E-state index in [0.29, 0.717) is 77.3 Å². The van der Waals surface area contributed by atoms with E-state index in [1.54, 1.807) is 36.7 Å². The SMILES string of the molecule is CCN1CCC(C(=O)O)(c2cccnc2)CC1C1(c2ccc(Cl)c(Cl)c2)CCN(C(=O)c2cc(OC)c(OC)c(OC)c2)C1. The van der Waals surface area contributed by atoms with Gasteiger partial charge in [0.15, 0.2) is 11.5 Å². The fourth-order valence-electron chi connectivity index (χ4n) is 7.10. The molecule has 0 aliphatic carbocycles. The molecular formula is C33H37Cl2N3O6. The van der Waals surface area contributed by atoms with Gasteiger partial charge in [-0.3, -0.25) is 19.5 Å². The number of likely N-dealkylation sites (N-methyl/N-ethyl adjacent to an activating group) is 1. The van der Waals surface area contributed by atoms with Gasteiger partial charge in [0.2, 0.25) is 5.75 Å². The van der Waals surface area contributed by atoms with Crippen LogP contribution in [-0.4, -0.2) is 85.3 Å². The van der Waals surface area contributed by atoms with E-state index in [1.165, 1.54) is 21.3 Å². The monoisotopic (exact) mass is 641 g/mol. The summed E-state index contributed by atoms with van der Waals surface area (Å²) in [5.41, 5.74) is 0.228. The molecule has 2 aliphatic rings. The number of amides is 1. The zero-order valence-electron chi connectivity index (χ0n) is 25.3. The number of carboxylic acids is 1. The lowest BCUT2D eigenvalue weighted by Crippen LogP contribution is -2.60. The lowest BCUT2D eigenvalue weighted by atomic mass is 9.62. The highest BCUT2D eigenvalue weighted by Crippen LogP contribution is 2.50. The molecule has 9 nitrogen and oxygen atoms in total. The van der Waals surface area contributed by atoms with Crippen molar-refractivity contribution in [3.63, 3.8) is 0 Å². The third-order valence-corrected chi connectivity index (χ3v) is 10.2. The topological polar surface area (TPSA) is 101 Å². The number of nitrogens with zero attached hydrogens (tertiary/aromatic N) is 3. The van der Waals surface area contributed by atoms with Crippen LogP contribution in [-0.2, 0) is 15.6 Å². The van der Waals surface area contributed by atoms with Crippen LogP contribution >= 0.6 is 23.2 Å². The van der Waals surface area contributed by atoms with Crippen LogP contribution in [0.25, 0.3) is 0 Å². The second-order valence-corrected chi connectivity index (χ2v) is 12.2. The molecule has 2 saturated heterocycles. The normalized spacial score (nSPS) is 23.8. The van der Waals surface area contributed by atoms with Crippen molar-refractivity contribution in [2.75, 3.05) is 47.5 Å². The average Bonchev–Trinajstić information content (AvgIpc) is 3.51. The van der Waals surface area contributed by atoms with E-state index in [-0.39, 0.29) is 11.9 Å². The molecule has 2 aliphatic heterocycles. The van der Waals surface area contributed by atoms with Crippen molar-refractivity contribution in [1.82, 2.24) is 14.8 Å². The number of methoxy groups -OCH3 is 3. The maximum absolute atomic E-state index is 14.1. The van der Waals surface area contributed by atoms with E-state index in [1.807, 2.05) is 23.1 Å². The number of hydrogen-bond acceptors (Lipinski definition) is 7. The number of halogens is 2. The van der Waals surface area contributed by atoms with Crippen molar-refractivity contribution >= 4 is 35.1 Å². The number of piperidine rings is 1. The van der Waals surface area contributed by atoms with Gasteiger partial charge in [-0.1, -0.05) is 42.3 Å². The molecule has 3 aromatic rings. The predicted octanol–water partition coefficient (Wildman–Crippen LogP) is 5.71. The number of rotatable bonds is 9. The number of hydrogen-bond donors (Lipinski definition) is 1. The Balaban J connectivity index is 1.61. The van der Waals surface area contributed by atoms with E-state index >= 15 is 0 Å². The Bertz CT molecular complexity index is 1510. The Morgan fingerprint density at radius 2 is 1.70 bits per heavy atom. The zero-order valence-corrected chi connectivity index (χ0v) is 26.8. The predicted molar refractivity (Wildman–Crippen MR) is 169 cm³/mol. The molecule has 1 N–H and O–H groups in total. The van der Waals surface area contributed by atoms with Gasteiger partial charge in [-0.15, -0.1) is 0 Å². The number of ether oxygens (including phenoxy) is 3. The molecule has 3 atom stereocenters. The highest BCUT2D eigenvalue weighted by atomic mass is 35.5. The van der Waals surface area contributed by atoms with Crippen LogP contribution in [0.4, 0.5) is 0 Å². The molecule has 0 spiro atoms. The van der Waals surface area contributed by atoms with E-state index < -0.39 is 16.8 Å². The summed E-state index contributed by atoms with van der Waals surface area (Å²) in [5.74, 6) is 0.106. The van der Waals surface area contributed by atoms with Gasteiger partial charge in [0.25, 0.3) is 5.91 Å². The largest absolute Gasteiger partial charge is 0.493 e. The van der Waals surface area contributed by atoms with Gasteiger partial charge in [0.1, 0.15) is 0 Å². The minimum Gasteiger partial charge on any atom is -0.493 e. The summed E-state index contributed by atoms with van der Waals surface area (Å²) < 4.78 is 16.5. The molecule has 5 rings (SSSR count). The second-order valence-electron chi connectivity index (χ2n) is 11.4. The van der Waals surface area contributed by atoms with Gasteiger partial charge in [-0.25, -0.2) is 0 Å². The van der Waals surface area contributed by atoms with Crippen LogP contribution in [0.2, 0.25) is 10.0 Å². The van der Waals surface area contributed by atoms with Crippen molar-refractivity contribution in [1.29, 1.82) is 0 Å². The number of carbonyl (C=O) groups is 2. The summed E-state index contributed by atoms with van der Waals surface area (Å²) in [6.07, 6.45) is 4.70. The van der Waals surface area contributed by atoms with Crippen LogP contribution in [0.3, 0.4) is 0 Å². The van der Waals surface area contributed by atoms with Gasteiger partial charge < -0.3 is 24.2 Å². The van der Waals surface area contributed by atoms with Gasteiger partial charge >= 0.3 is 5.97 Å². The quantitative estimate of drug-likeness (QED) is 0.317. The third kappa shape index (κ3) is 5.46. The number of likely N-dealkylation sites (tertiary alicyclic amines) is 2. The van der Waals surface area contributed by atoms with Crippen molar-refractivity contribution in [3.05, 3.63) is 81.6 Å². The lowest BCUT2D eigenvalue weighted by molar-refractivity contribution is -0.147. The second kappa shape index (κ2) is 12.8. The number of aliphatic carboxylic acids is 1. The lowest BCUT2D eigenvalue weighted by Gasteiger charge is -2.51. The van der Waals surface area contributed by atoms with Crippen LogP contribution in [0, 0.1) is 0 Å². The highest BCUT2D eigenvalue weighted by Gasteiger charge is 2.56. The number of carbonyl (C=O) groups excluding carboxylic acids is 1. The Kier molecular flexibility index (Phi) is 9.30. The number of carboxylic acid groups (broad SMARTS) is 1. The minimum atomic E-state index is -1.14. The molecule has 2 fully saturated rings. The first-order valence-corrected chi connectivity index (χ1v) is 15.3. The Morgan fingerprint density at radius 1 is 0.977 bits per heavy atom. The van der Waals surface area contributed by atoms with Gasteiger partial charge in [0.05, 0.1) is 36.8 Å². The van der Waals surface area contributed by atoms with E-state index in [0.717, 1.165) is 12.1 Å². The summed E-state index contributed by atoms with van der Waals surface area (Å²) in [7, 11) is 4.53. The van der Waals surface area contributed by atoms with Crippen molar-refractivity contribution in [2.24, 2.45) is 0 Å². The molecular weight excluding hydrogens is 605 g/mol. The van der Waals surface area contributed by atoms with E-state index in [4.69, 9.17) is 37.4 Å². The summed E-state index contributed by atoms with van der Waals surface area (Å²) in [6.45, 7) is 4.19. The number of pyridine rings is 1. The maximum Gasteiger partial charge on any atom is 0.314 e. The van der Waals surface area contributed by atoms with Gasteiger partial charge in [-0.2, -0.15) is 0 Å². The molecule has 3 unspecified atom stereocenters.